The zero-order valence-corrected chi connectivity index (χ0v) is 14.6. The van der Waals surface area contributed by atoms with Gasteiger partial charge in [-0.25, -0.2) is 0 Å². The van der Waals surface area contributed by atoms with E-state index in [-0.39, 0.29) is 24.8 Å². The van der Waals surface area contributed by atoms with Crippen LogP contribution >= 0.6 is 0 Å². The summed E-state index contributed by atoms with van der Waals surface area (Å²) in [5.41, 5.74) is 5.15. The Morgan fingerprint density at radius 3 is 1.69 bits per heavy atom. The molecule has 0 saturated heterocycles. The summed E-state index contributed by atoms with van der Waals surface area (Å²) < 4.78 is 1.75. The molecule has 1 unspecified atom stereocenters. The molecule has 3 heteroatoms. The summed E-state index contributed by atoms with van der Waals surface area (Å²) in [5.74, 6) is 0.808. The van der Waals surface area contributed by atoms with E-state index in [1.54, 1.807) is 44.7 Å². The first kappa shape index (κ1) is 19.3. The van der Waals surface area contributed by atoms with E-state index in [1.807, 2.05) is 0 Å². The molecule has 0 heterocycles. The smallest absolute Gasteiger partial charge is 1.00 e. The van der Waals surface area contributed by atoms with Crippen LogP contribution in [-0.2, 0) is 24.7 Å². The van der Waals surface area contributed by atoms with Gasteiger partial charge in [0.2, 0.25) is 0 Å². The summed E-state index contributed by atoms with van der Waals surface area (Å²) in [6, 6.07) is 0. The van der Waals surface area contributed by atoms with Gasteiger partial charge >= 0.3 is 104 Å². The Kier molecular flexibility index (Phi) is 10.8. The van der Waals surface area contributed by atoms with E-state index in [2.05, 4.69) is 27.7 Å². The summed E-state index contributed by atoms with van der Waals surface area (Å²) in [5, 5.41) is 0. The van der Waals surface area contributed by atoms with Crippen LogP contribution in [0, 0.1) is 5.92 Å². The van der Waals surface area contributed by atoms with Crippen LogP contribution in [0.15, 0.2) is 20.0 Å². The van der Waals surface area contributed by atoms with E-state index in [1.165, 1.54) is 25.7 Å². The zero-order valence-electron chi connectivity index (χ0n) is 10.7. The fourth-order valence-corrected chi connectivity index (χ4v) is 4.44. The first-order valence-electron chi connectivity index (χ1n) is 5.87. The average Bonchev–Trinajstić information content (AvgIpc) is 2.48. The molecule has 0 spiro atoms. The van der Waals surface area contributed by atoms with Crippen LogP contribution in [0.25, 0.3) is 0 Å². The molecular weight excluding hydrogens is 318 g/mol. The van der Waals surface area contributed by atoms with E-state index < -0.39 is 0 Å². The summed E-state index contributed by atoms with van der Waals surface area (Å²) in [6.45, 7) is 9.26. The molecular formula is C13H21Cl2Zr. The van der Waals surface area contributed by atoms with Gasteiger partial charge in [0.1, 0.15) is 0 Å². The Labute approximate surface area is 128 Å². The molecule has 1 aliphatic rings. The quantitative estimate of drug-likeness (QED) is 0.577. The fourth-order valence-electron chi connectivity index (χ4n) is 2.71. The predicted molar refractivity (Wildman–Crippen MR) is 58.7 cm³/mol. The largest absolute Gasteiger partial charge is 1.00 e. The average molecular weight is 339 g/mol. The van der Waals surface area contributed by atoms with Gasteiger partial charge in [-0.1, -0.05) is 0 Å². The molecule has 16 heavy (non-hydrogen) atoms. The van der Waals surface area contributed by atoms with Gasteiger partial charge in [0.15, 0.2) is 0 Å². The third-order valence-electron chi connectivity index (χ3n) is 3.34. The second kappa shape index (κ2) is 8.95. The van der Waals surface area contributed by atoms with Crippen LogP contribution in [0.4, 0.5) is 0 Å². The van der Waals surface area contributed by atoms with Gasteiger partial charge in [-0.15, -0.1) is 0 Å². The monoisotopic (exact) mass is 337 g/mol. The minimum Gasteiger partial charge on any atom is -1.00 e. The second-order valence-corrected chi connectivity index (χ2v) is 5.24. The van der Waals surface area contributed by atoms with E-state index >= 15 is 0 Å². The van der Waals surface area contributed by atoms with Crippen molar-refractivity contribution in [2.75, 3.05) is 0 Å². The van der Waals surface area contributed by atoms with Crippen molar-refractivity contribution in [1.29, 1.82) is 0 Å². The van der Waals surface area contributed by atoms with Crippen molar-refractivity contribution in [3.05, 3.63) is 20.0 Å². The van der Waals surface area contributed by atoms with Crippen LogP contribution in [0.1, 0.15) is 53.4 Å². The van der Waals surface area contributed by atoms with Gasteiger partial charge in [0, 0.05) is 0 Å². The molecule has 0 radical (unpaired) electrons. The molecule has 1 aliphatic carbocycles. The minimum atomic E-state index is 0. The molecule has 0 fully saturated rings. The third-order valence-corrected chi connectivity index (χ3v) is 4.94. The van der Waals surface area contributed by atoms with Crippen molar-refractivity contribution in [3.8, 4) is 0 Å². The van der Waals surface area contributed by atoms with Gasteiger partial charge in [0.05, 0.1) is 0 Å². The van der Waals surface area contributed by atoms with E-state index in [0.29, 0.717) is 0 Å². The molecule has 1 atom stereocenters. The Bertz CT molecular complexity index is 280. The van der Waals surface area contributed by atoms with Gasteiger partial charge < -0.3 is 24.8 Å². The number of hydrogen-bond acceptors (Lipinski definition) is 0. The maximum Gasteiger partial charge on any atom is -1.00 e. The third kappa shape index (κ3) is 3.47. The molecule has 0 aromatic rings. The molecule has 91 valence electrons. The van der Waals surface area contributed by atoms with Gasteiger partial charge in [-0.2, -0.15) is 0 Å². The van der Waals surface area contributed by atoms with Crippen molar-refractivity contribution in [2.45, 2.75) is 53.4 Å². The summed E-state index contributed by atoms with van der Waals surface area (Å²) in [6.07, 6.45) is 5.03. The van der Waals surface area contributed by atoms with Crippen molar-refractivity contribution >= 4 is 0 Å². The maximum absolute atomic E-state index is 2.33. The molecule has 0 amide bonds. The van der Waals surface area contributed by atoms with Crippen molar-refractivity contribution in [3.63, 3.8) is 0 Å². The van der Waals surface area contributed by atoms with E-state index in [4.69, 9.17) is 0 Å². The Morgan fingerprint density at radius 2 is 1.38 bits per heavy atom. The van der Waals surface area contributed by atoms with Gasteiger partial charge in [-0.05, 0) is 0 Å². The Balaban J connectivity index is 0. The second-order valence-electron chi connectivity index (χ2n) is 3.92. The van der Waals surface area contributed by atoms with E-state index in [0.717, 1.165) is 5.92 Å². The normalized spacial score (nSPS) is 19.8. The standard InChI is InChI=1S/C13H21.2ClH.Zr/c1-5-10-9-11(6-2)13(8-4)12(10)7-3;;;/h10H,5-8H2,1-4H3;2*1H;/q;;;+2/p-2. The first-order valence-corrected chi connectivity index (χ1v) is 7.10. The SMILES string of the molecule is CCC1=[C]([Zr+2])C(CC)C(CC)=C1CC.[Cl-].[Cl-]. The molecule has 0 aromatic heterocycles. The van der Waals surface area contributed by atoms with Crippen LogP contribution in [-0.4, -0.2) is 0 Å². The van der Waals surface area contributed by atoms with E-state index in [9.17, 15) is 0 Å². The Morgan fingerprint density at radius 1 is 0.875 bits per heavy atom. The van der Waals surface area contributed by atoms with Crippen molar-refractivity contribution in [1.82, 2.24) is 0 Å². The van der Waals surface area contributed by atoms with Crippen LogP contribution in [0.5, 0.6) is 0 Å². The van der Waals surface area contributed by atoms with Gasteiger partial charge in [0.25, 0.3) is 0 Å². The molecule has 0 N–H and O–H groups in total. The maximum atomic E-state index is 2.33. The molecule has 0 aliphatic heterocycles. The molecule has 0 aromatic carbocycles. The molecule has 1 rings (SSSR count). The van der Waals surface area contributed by atoms with Crippen molar-refractivity contribution in [2.24, 2.45) is 5.92 Å². The number of allylic oxidation sites excluding steroid dienone is 4. The predicted octanol–water partition coefficient (Wildman–Crippen LogP) is -1.64. The minimum absolute atomic E-state index is 0. The summed E-state index contributed by atoms with van der Waals surface area (Å²) in [4.78, 5) is 0. The number of hydrogen-bond donors (Lipinski definition) is 0. The number of rotatable bonds is 4. The zero-order chi connectivity index (χ0) is 10.7. The molecule has 0 saturated carbocycles. The topological polar surface area (TPSA) is 0 Å². The van der Waals surface area contributed by atoms with Crippen LogP contribution < -0.4 is 24.8 Å². The molecule has 0 bridgehead atoms. The fraction of sp³-hybridized carbons (Fsp3) is 0.692. The van der Waals surface area contributed by atoms with Crippen LogP contribution in [0.3, 0.4) is 0 Å². The van der Waals surface area contributed by atoms with Gasteiger partial charge in [-0.3, -0.25) is 0 Å². The Hall–Kier alpha value is 0.943. The van der Waals surface area contributed by atoms with Crippen LogP contribution in [0.2, 0.25) is 0 Å². The summed E-state index contributed by atoms with van der Waals surface area (Å²) in [7, 11) is 0. The number of halogens is 2. The van der Waals surface area contributed by atoms with Crippen molar-refractivity contribution < 1.29 is 49.5 Å². The molecule has 0 nitrogen and oxygen atoms in total. The summed E-state index contributed by atoms with van der Waals surface area (Å²) >= 11 is 1.64. The first-order chi connectivity index (χ1) is 6.71.